The molecule has 19 heavy (non-hydrogen) atoms. The lowest BCUT2D eigenvalue weighted by Gasteiger charge is -2.24. The Morgan fingerprint density at radius 2 is 2.05 bits per heavy atom. The first kappa shape index (κ1) is 16.2. The van der Waals surface area contributed by atoms with Gasteiger partial charge < -0.3 is 9.88 Å². The molecule has 1 aromatic rings. The lowest BCUT2D eigenvalue weighted by molar-refractivity contribution is 0.354. The predicted molar refractivity (Wildman–Crippen MR) is 77.5 cm³/mol. The summed E-state index contributed by atoms with van der Waals surface area (Å²) in [6, 6.07) is 1.72. The zero-order chi connectivity index (χ0) is 14.6. The lowest BCUT2D eigenvalue weighted by Crippen LogP contribution is -2.37. The average Bonchev–Trinajstić information content (AvgIpc) is 2.68. The third-order valence-corrected chi connectivity index (χ3v) is 5.11. The number of rotatable bonds is 7. The van der Waals surface area contributed by atoms with E-state index in [9.17, 15) is 8.42 Å². The highest BCUT2D eigenvalue weighted by Gasteiger charge is 2.27. The summed E-state index contributed by atoms with van der Waals surface area (Å²) in [5, 5.41) is 3.04. The summed E-state index contributed by atoms with van der Waals surface area (Å²) < 4.78 is 28.7. The fourth-order valence-corrected chi connectivity index (χ4v) is 3.91. The van der Waals surface area contributed by atoms with Crippen LogP contribution in [0.15, 0.2) is 17.2 Å². The van der Waals surface area contributed by atoms with Crippen molar-refractivity contribution in [3.05, 3.63) is 18.0 Å². The van der Waals surface area contributed by atoms with E-state index < -0.39 is 10.0 Å². The van der Waals surface area contributed by atoms with Crippen LogP contribution in [-0.2, 0) is 23.6 Å². The molecule has 0 saturated carbocycles. The van der Waals surface area contributed by atoms with Crippen LogP contribution < -0.4 is 5.32 Å². The molecule has 0 aromatic carbocycles. The van der Waals surface area contributed by atoms with E-state index in [-0.39, 0.29) is 6.04 Å². The molecule has 1 N–H and O–H groups in total. The first-order valence-corrected chi connectivity index (χ1v) is 8.10. The van der Waals surface area contributed by atoms with Crippen LogP contribution in [0.2, 0.25) is 0 Å². The maximum atomic E-state index is 12.6. The van der Waals surface area contributed by atoms with Gasteiger partial charge >= 0.3 is 0 Å². The maximum Gasteiger partial charge on any atom is 0.244 e. The molecule has 0 aliphatic heterocycles. The van der Waals surface area contributed by atoms with Gasteiger partial charge in [-0.15, -0.1) is 0 Å². The van der Waals surface area contributed by atoms with E-state index in [1.165, 1.54) is 0 Å². The van der Waals surface area contributed by atoms with E-state index in [0.29, 0.717) is 18.0 Å². The summed E-state index contributed by atoms with van der Waals surface area (Å²) in [5.41, 5.74) is 0.960. The number of nitrogens with zero attached hydrogens (tertiary/aromatic N) is 2. The van der Waals surface area contributed by atoms with Crippen LogP contribution in [-0.4, -0.2) is 36.9 Å². The Labute approximate surface area is 116 Å². The van der Waals surface area contributed by atoms with Crippen molar-refractivity contribution in [2.75, 3.05) is 13.6 Å². The van der Waals surface area contributed by atoms with E-state index in [1.807, 2.05) is 39.4 Å². The van der Waals surface area contributed by atoms with Crippen LogP contribution in [0, 0.1) is 0 Å². The van der Waals surface area contributed by atoms with Crippen molar-refractivity contribution in [3.8, 4) is 0 Å². The fraction of sp³-hybridized carbons (Fsp3) is 0.692. The molecule has 1 heterocycles. The number of aromatic nitrogens is 1. The molecule has 1 rings (SSSR count). The summed E-state index contributed by atoms with van der Waals surface area (Å²) in [6.45, 7) is 7.01. The Morgan fingerprint density at radius 1 is 1.42 bits per heavy atom. The van der Waals surface area contributed by atoms with E-state index in [0.717, 1.165) is 12.1 Å². The highest BCUT2D eigenvalue weighted by molar-refractivity contribution is 7.89. The van der Waals surface area contributed by atoms with Crippen molar-refractivity contribution < 1.29 is 8.42 Å². The van der Waals surface area contributed by atoms with Crippen molar-refractivity contribution in [1.82, 2.24) is 14.2 Å². The second-order valence-electron chi connectivity index (χ2n) is 5.02. The smallest absolute Gasteiger partial charge is 0.244 e. The van der Waals surface area contributed by atoms with E-state index in [1.54, 1.807) is 16.6 Å². The quantitative estimate of drug-likeness (QED) is 0.828. The second-order valence-corrected chi connectivity index (χ2v) is 6.91. The standard InChI is InChI=1S/C13H25N3O2S/c1-6-7-16(11(2)3)19(17,18)13-8-12(9-14-4)15(5)10-13/h8,10-11,14H,6-7,9H2,1-5H3. The van der Waals surface area contributed by atoms with Crippen LogP contribution >= 0.6 is 0 Å². The molecule has 0 bridgehead atoms. The minimum absolute atomic E-state index is 0.0297. The molecular weight excluding hydrogens is 262 g/mol. The molecule has 0 saturated heterocycles. The largest absolute Gasteiger partial charge is 0.352 e. The van der Waals surface area contributed by atoms with Gasteiger partial charge in [0.05, 0.1) is 0 Å². The lowest BCUT2D eigenvalue weighted by atomic mass is 10.4. The topological polar surface area (TPSA) is 54.3 Å². The van der Waals surface area contributed by atoms with Gasteiger partial charge in [0.2, 0.25) is 10.0 Å². The van der Waals surface area contributed by atoms with Crippen molar-refractivity contribution in [2.45, 2.75) is 44.7 Å². The van der Waals surface area contributed by atoms with Gasteiger partial charge in [-0.05, 0) is 33.4 Å². The average molecular weight is 287 g/mol. The van der Waals surface area contributed by atoms with Crippen LogP contribution in [0.1, 0.15) is 32.9 Å². The number of hydrogen-bond acceptors (Lipinski definition) is 3. The molecule has 0 spiro atoms. The van der Waals surface area contributed by atoms with Gasteiger partial charge in [0.15, 0.2) is 0 Å². The van der Waals surface area contributed by atoms with E-state index >= 15 is 0 Å². The Hall–Kier alpha value is -0.850. The van der Waals surface area contributed by atoms with Crippen LogP contribution in [0.5, 0.6) is 0 Å². The molecule has 1 aromatic heterocycles. The molecule has 0 radical (unpaired) electrons. The van der Waals surface area contributed by atoms with Crippen LogP contribution in [0.25, 0.3) is 0 Å². The number of aryl methyl sites for hydroxylation is 1. The number of nitrogens with one attached hydrogen (secondary N) is 1. The second kappa shape index (κ2) is 6.54. The minimum Gasteiger partial charge on any atom is -0.352 e. The molecule has 0 unspecified atom stereocenters. The summed E-state index contributed by atoms with van der Waals surface area (Å²) >= 11 is 0. The van der Waals surface area contributed by atoms with Crippen LogP contribution in [0.3, 0.4) is 0 Å². The molecular formula is C13H25N3O2S. The highest BCUT2D eigenvalue weighted by Crippen LogP contribution is 2.20. The predicted octanol–water partition coefficient (Wildman–Crippen LogP) is 1.55. The summed E-state index contributed by atoms with van der Waals surface area (Å²) in [7, 11) is 0.314. The van der Waals surface area contributed by atoms with Gasteiger partial charge in [-0.25, -0.2) is 8.42 Å². The van der Waals surface area contributed by atoms with Crippen molar-refractivity contribution in [3.63, 3.8) is 0 Å². The maximum absolute atomic E-state index is 12.6. The Kier molecular flexibility index (Phi) is 5.58. The number of sulfonamides is 1. The SMILES string of the molecule is CCCN(C(C)C)S(=O)(=O)c1cc(CNC)n(C)c1. The minimum atomic E-state index is -3.40. The van der Waals surface area contributed by atoms with Gasteiger partial charge in [0, 0.05) is 38.1 Å². The zero-order valence-electron chi connectivity index (χ0n) is 12.5. The molecule has 0 fully saturated rings. The first-order valence-electron chi connectivity index (χ1n) is 6.66. The zero-order valence-corrected chi connectivity index (χ0v) is 13.3. The molecule has 0 amide bonds. The number of hydrogen-bond donors (Lipinski definition) is 1. The van der Waals surface area contributed by atoms with Crippen molar-refractivity contribution in [1.29, 1.82) is 0 Å². The molecule has 0 atom stereocenters. The fourth-order valence-electron chi connectivity index (χ4n) is 2.09. The molecule has 5 nitrogen and oxygen atoms in total. The summed E-state index contributed by atoms with van der Waals surface area (Å²) in [5.74, 6) is 0. The monoisotopic (exact) mass is 287 g/mol. The third kappa shape index (κ3) is 3.58. The molecule has 6 heteroatoms. The first-order chi connectivity index (χ1) is 8.84. The normalized spacial score (nSPS) is 12.6. The molecule has 0 aliphatic carbocycles. The molecule has 110 valence electrons. The third-order valence-electron chi connectivity index (χ3n) is 3.07. The van der Waals surface area contributed by atoms with Crippen molar-refractivity contribution in [2.24, 2.45) is 7.05 Å². The van der Waals surface area contributed by atoms with E-state index in [2.05, 4.69) is 5.32 Å². The van der Waals surface area contributed by atoms with Gasteiger partial charge in [-0.3, -0.25) is 0 Å². The van der Waals surface area contributed by atoms with Gasteiger partial charge in [-0.1, -0.05) is 6.92 Å². The van der Waals surface area contributed by atoms with Crippen LogP contribution in [0.4, 0.5) is 0 Å². The molecule has 0 aliphatic rings. The Bertz CT molecular complexity index is 506. The van der Waals surface area contributed by atoms with Gasteiger partial charge in [-0.2, -0.15) is 4.31 Å². The van der Waals surface area contributed by atoms with Crippen molar-refractivity contribution >= 4 is 10.0 Å². The Balaban J connectivity index is 3.14. The van der Waals surface area contributed by atoms with Gasteiger partial charge in [0.25, 0.3) is 0 Å². The highest BCUT2D eigenvalue weighted by atomic mass is 32.2. The van der Waals surface area contributed by atoms with Gasteiger partial charge in [0.1, 0.15) is 4.90 Å². The summed E-state index contributed by atoms with van der Waals surface area (Å²) in [4.78, 5) is 0.377. The Morgan fingerprint density at radius 3 is 2.53 bits per heavy atom. The van der Waals surface area contributed by atoms with E-state index in [4.69, 9.17) is 0 Å². The summed E-state index contributed by atoms with van der Waals surface area (Å²) in [6.07, 6.45) is 2.50.